The van der Waals surface area contributed by atoms with Gasteiger partial charge in [-0.25, -0.2) is 13.8 Å². The maximum Gasteiger partial charge on any atom is 0.224 e. The molecule has 5 nitrogen and oxygen atoms in total. The molecule has 0 aliphatic heterocycles. The van der Waals surface area contributed by atoms with E-state index in [0.717, 1.165) is 17.7 Å². The minimum Gasteiger partial charge on any atom is -0.475 e. The van der Waals surface area contributed by atoms with Crippen LogP contribution in [0, 0.1) is 17.6 Å². The first-order valence-electron chi connectivity index (χ1n) is 8.38. The third kappa shape index (κ3) is 4.35. The summed E-state index contributed by atoms with van der Waals surface area (Å²) in [6.07, 6.45) is 2.24. The predicted molar refractivity (Wildman–Crippen MR) is 90.7 cm³/mol. The fourth-order valence-corrected chi connectivity index (χ4v) is 2.82. The molecule has 0 spiro atoms. The summed E-state index contributed by atoms with van der Waals surface area (Å²) < 4.78 is 36.8. The van der Waals surface area contributed by atoms with E-state index < -0.39 is 11.6 Å². The lowest BCUT2D eigenvalue weighted by atomic mass is 10.1. The van der Waals surface area contributed by atoms with Crippen LogP contribution < -0.4 is 10.1 Å². The van der Waals surface area contributed by atoms with E-state index in [4.69, 9.17) is 9.47 Å². The van der Waals surface area contributed by atoms with E-state index >= 15 is 0 Å². The third-order valence-corrected chi connectivity index (χ3v) is 4.33. The van der Waals surface area contributed by atoms with Crippen LogP contribution in [0.15, 0.2) is 36.5 Å². The Labute approximate surface area is 150 Å². The highest BCUT2D eigenvalue weighted by Crippen LogP contribution is 2.47. The first-order chi connectivity index (χ1) is 12.6. The van der Waals surface area contributed by atoms with Crippen LogP contribution in [0.4, 0.5) is 8.78 Å². The molecule has 2 atom stereocenters. The number of pyridine rings is 1. The van der Waals surface area contributed by atoms with Crippen molar-refractivity contribution in [2.75, 3.05) is 20.3 Å². The SMILES string of the molecule is COCCOc1ncccc1CNC(=O)C1CC1c1ccc(F)c(F)c1. The first-order valence-corrected chi connectivity index (χ1v) is 8.38. The van der Waals surface area contributed by atoms with E-state index in [2.05, 4.69) is 10.3 Å². The van der Waals surface area contributed by atoms with E-state index in [1.807, 2.05) is 6.07 Å². The van der Waals surface area contributed by atoms with Crippen molar-refractivity contribution in [3.63, 3.8) is 0 Å². The highest BCUT2D eigenvalue weighted by atomic mass is 19.2. The van der Waals surface area contributed by atoms with Crippen LogP contribution in [0.1, 0.15) is 23.5 Å². The number of hydrogen-bond acceptors (Lipinski definition) is 4. The molecule has 138 valence electrons. The molecule has 1 aliphatic carbocycles. The van der Waals surface area contributed by atoms with Crippen molar-refractivity contribution in [1.29, 1.82) is 0 Å². The number of hydrogen-bond donors (Lipinski definition) is 1. The smallest absolute Gasteiger partial charge is 0.224 e. The maximum absolute atomic E-state index is 13.3. The molecule has 1 heterocycles. The number of halogens is 2. The molecule has 7 heteroatoms. The normalized spacial score (nSPS) is 18.4. The van der Waals surface area contributed by atoms with Crippen LogP contribution in [0.5, 0.6) is 5.88 Å². The summed E-state index contributed by atoms with van der Waals surface area (Å²) >= 11 is 0. The van der Waals surface area contributed by atoms with Crippen molar-refractivity contribution in [1.82, 2.24) is 10.3 Å². The topological polar surface area (TPSA) is 60.5 Å². The number of rotatable bonds is 8. The van der Waals surface area contributed by atoms with Crippen LogP contribution in [-0.2, 0) is 16.1 Å². The molecule has 1 aliphatic rings. The summed E-state index contributed by atoms with van der Waals surface area (Å²) in [4.78, 5) is 16.5. The standard InChI is InChI=1S/C19H20F2N2O3/c1-25-7-8-26-19-13(3-2-6-22-19)11-23-18(24)15-10-14(15)12-4-5-16(20)17(21)9-12/h2-6,9,14-15H,7-8,10-11H2,1H3,(H,23,24). The van der Waals surface area contributed by atoms with Crippen LogP contribution in [0.25, 0.3) is 0 Å². The molecular weight excluding hydrogens is 342 g/mol. The molecule has 2 unspecified atom stereocenters. The van der Waals surface area contributed by atoms with Crippen LogP contribution in [-0.4, -0.2) is 31.2 Å². The minimum absolute atomic E-state index is 0.0728. The maximum atomic E-state index is 13.3. The first kappa shape index (κ1) is 18.3. The van der Waals surface area contributed by atoms with Gasteiger partial charge >= 0.3 is 0 Å². The van der Waals surface area contributed by atoms with Gasteiger partial charge in [-0.2, -0.15) is 0 Å². The largest absolute Gasteiger partial charge is 0.475 e. The van der Waals surface area contributed by atoms with Gasteiger partial charge < -0.3 is 14.8 Å². The van der Waals surface area contributed by atoms with Gasteiger partial charge in [-0.3, -0.25) is 4.79 Å². The molecule has 2 aromatic rings. The van der Waals surface area contributed by atoms with Crippen molar-refractivity contribution >= 4 is 5.91 Å². The predicted octanol–water partition coefficient (Wildman–Crippen LogP) is 2.80. The fraction of sp³-hybridized carbons (Fsp3) is 0.368. The number of benzene rings is 1. The Morgan fingerprint density at radius 3 is 2.88 bits per heavy atom. The van der Waals surface area contributed by atoms with Crippen molar-refractivity contribution in [2.45, 2.75) is 18.9 Å². The fourth-order valence-electron chi connectivity index (χ4n) is 2.82. The summed E-state index contributed by atoms with van der Waals surface area (Å²) in [7, 11) is 1.59. The molecule has 1 amide bonds. The summed E-state index contributed by atoms with van der Waals surface area (Å²) in [5.74, 6) is -1.73. The summed E-state index contributed by atoms with van der Waals surface area (Å²) in [5, 5.41) is 2.86. The summed E-state index contributed by atoms with van der Waals surface area (Å²) in [6, 6.07) is 7.38. The average Bonchev–Trinajstić information content (AvgIpc) is 3.44. The van der Waals surface area contributed by atoms with Gasteiger partial charge in [0.05, 0.1) is 6.61 Å². The van der Waals surface area contributed by atoms with Crippen LogP contribution in [0.3, 0.4) is 0 Å². The second-order valence-corrected chi connectivity index (χ2v) is 6.15. The second kappa shape index (κ2) is 8.23. The number of carbonyl (C=O) groups is 1. The lowest BCUT2D eigenvalue weighted by Gasteiger charge is -2.11. The van der Waals surface area contributed by atoms with Gasteiger partial charge in [0, 0.05) is 31.3 Å². The van der Waals surface area contributed by atoms with Crippen molar-refractivity contribution in [2.24, 2.45) is 5.92 Å². The molecule has 3 rings (SSSR count). The van der Waals surface area contributed by atoms with Crippen molar-refractivity contribution in [3.05, 3.63) is 59.3 Å². The van der Waals surface area contributed by atoms with E-state index in [9.17, 15) is 13.6 Å². The number of methoxy groups -OCH3 is 1. The molecule has 0 radical (unpaired) electrons. The lowest BCUT2D eigenvalue weighted by molar-refractivity contribution is -0.122. The molecule has 1 aromatic carbocycles. The zero-order chi connectivity index (χ0) is 18.5. The minimum atomic E-state index is -0.887. The second-order valence-electron chi connectivity index (χ2n) is 6.15. The van der Waals surface area contributed by atoms with Gasteiger partial charge in [-0.05, 0) is 36.1 Å². The molecule has 1 fully saturated rings. The Kier molecular flexibility index (Phi) is 5.78. The third-order valence-electron chi connectivity index (χ3n) is 4.33. The quantitative estimate of drug-likeness (QED) is 0.734. The van der Waals surface area contributed by atoms with E-state index in [1.165, 1.54) is 6.07 Å². The van der Waals surface area contributed by atoms with Gasteiger partial charge in [0.1, 0.15) is 6.61 Å². The Morgan fingerprint density at radius 1 is 1.27 bits per heavy atom. The Hall–Kier alpha value is -2.54. The van der Waals surface area contributed by atoms with Gasteiger partial charge in [0.25, 0.3) is 0 Å². The Balaban J connectivity index is 1.54. The monoisotopic (exact) mass is 362 g/mol. The number of aromatic nitrogens is 1. The molecular formula is C19H20F2N2O3. The number of nitrogens with zero attached hydrogens (tertiary/aromatic N) is 1. The number of ether oxygens (including phenoxy) is 2. The molecule has 1 N–H and O–H groups in total. The van der Waals surface area contributed by atoms with E-state index in [1.54, 1.807) is 19.4 Å². The summed E-state index contributed by atoms with van der Waals surface area (Å²) in [5.41, 5.74) is 1.41. The molecule has 26 heavy (non-hydrogen) atoms. The van der Waals surface area contributed by atoms with E-state index in [-0.39, 0.29) is 24.3 Å². The average molecular weight is 362 g/mol. The Morgan fingerprint density at radius 2 is 2.12 bits per heavy atom. The van der Waals surface area contributed by atoms with Gasteiger partial charge in [-0.15, -0.1) is 0 Å². The van der Waals surface area contributed by atoms with Gasteiger partial charge in [0.15, 0.2) is 11.6 Å². The number of amides is 1. The van der Waals surface area contributed by atoms with E-state index in [0.29, 0.717) is 31.1 Å². The van der Waals surface area contributed by atoms with Gasteiger partial charge in [0.2, 0.25) is 11.8 Å². The summed E-state index contributed by atoms with van der Waals surface area (Å²) in [6.45, 7) is 1.10. The molecule has 0 saturated heterocycles. The lowest BCUT2D eigenvalue weighted by Crippen LogP contribution is -2.25. The van der Waals surface area contributed by atoms with Crippen LogP contribution >= 0.6 is 0 Å². The van der Waals surface area contributed by atoms with Crippen molar-refractivity contribution < 1.29 is 23.0 Å². The zero-order valence-electron chi connectivity index (χ0n) is 14.4. The highest BCUT2D eigenvalue weighted by Gasteiger charge is 2.44. The van der Waals surface area contributed by atoms with Crippen molar-refractivity contribution in [3.8, 4) is 5.88 Å². The number of carbonyl (C=O) groups excluding carboxylic acids is 1. The molecule has 1 saturated carbocycles. The van der Waals surface area contributed by atoms with Crippen LogP contribution in [0.2, 0.25) is 0 Å². The molecule has 1 aromatic heterocycles. The Bertz CT molecular complexity index is 785. The zero-order valence-corrected chi connectivity index (χ0v) is 14.4. The van der Waals surface area contributed by atoms with Gasteiger partial charge in [-0.1, -0.05) is 12.1 Å². The molecule has 0 bridgehead atoms. The highest BCUT2D eigenvalue weighted by molar-refractivity contribution is 5.82. The number of nitrogens with one attached hydrogen (secondary N) is 1.